The third kappa shape index (κ3) is 5.21. The van der Waals surface area contributed by atoms with Crippen molar-refractivity contribution in [1.29, 1.82) is 0 Å². The van der Waals surface area contributed by atoms with Gasteiger partial charge in [0.25, 0.3) is 0 Å². The van der Waals surface area contributed by atoms with Crippen LogP contribution in [0.1, 0.15) is 0 Å². The molecule has 0 aliphatic heterocycles. The summed E-state index contributed by atoms with van der Waals surface area (Å²) < 4.78 is 0. The molecular weight excluding hydrogens is 192 g/mol. The van der Waals surface area contributed by atoms with Crippen LogP contribution < -0.4 is 0 Å². The molecule has 60 valence electrons. The molecule has 0 N–H and O–H groups in total. The first kappa shape index (κ1) is 10.4. The molecular formula is C6H10Cl3N. The van der Waals surface area contributed by atoms with Crippen molar-refractivity contribution in [3.63, 3.8) is 0 Å². The van der Waals surface area contributed by atoms with Crippen LogP contribution in [0, 0.1) is 0 Å². The molecule has 0 unspecified atom stereocenters. The molecule has 0 aromatic heterocycles. The number of rotatable bonds is 5. The SMILES string of the molecule is Cl/C=C/N(CCCl)CCCl. The number of hydrogen-bond donors (Lipinski definition) is 0. The van der Waals surface area contributed by atoms with Gasteiger partial charge in [0.05, 0.1) is 0 Å². The summed E-state index contributed by atoms with van der Waals surface area (Å²) in [6.45, 7) is 1.58. The second kappa shape index (κ2) is 7.52. The van der Waals surface area contributed by atoms with Gasteiger partial charge in [0.1, 0.15) is 0 Å². The molecule has 0 atom stereocenters. The molecule has 0 amide bonds. The smallest absolute Gasteiger partial charge is 0.0399 e. The zero-order valence-electron chi connectivity index (χ0n) is 5.56. The van der Waals surface area contributed by atoms with Crippen LogP contribution >= 0.6 is 34.8 Å². The van der Waals surface area contributed by atoms with E-state index in [0.29, 0.717) is 11.8 Å². The van der Waals surface area contributed by atoms with Crippen molar-refractivity contribution in [2.45, 2.75) is 0 Å². The Balaban J connectivity index is 3.50. The van der Waals surface area contributed by atoms with Crippen molar-refractivity contribution < 1.29 is 0 Å². The summed E-state index contributed by atoms with van der Waals surface area (Å²) in [6, 6.07) is 0. The van der Waals surface area contributed by atoms with Gasteiger partial charge in [0.15, 0.2) is 0 Å². The predicted octanol–water partition coefficient (Wildman–Crippen LogP) is 2.48. The lowest BCUT2D eigenvalue weighted by atomic mass is 10.5. The van der Waals surface area contributed by atoms with Crippen LogP contribution in [0.4, 0.5) is 0 Å². The van der Waals surface area contributed by atoms with E-state index < -0.39 is 0 Å². The van der Waals surface area contributed by atoms with Gasteiger partial charge >= 0.3 is 0 Å². The van der Waals surface area contributed by atoms with Crippen LogP contribution in [-0.4, -0.2) is 29.7 Å². The summed E-state index contributed by atoms with van der Waals surface area (Å²) in [5, 5.41) is 0. The van der Waals surface area contributed by atoms with Gasteiger partial charge in [-0.15, -0.1) is 23.2 Å². The van der Waals surface area contributed by atoms with Crippen LogP contribution in [-0.2, 0) is 0 Å². The molecule has 0 aromatic carbocycles. The third-order valence-corrected chi connectivity index (χ3v) is 1.46. The average Bonchev–Trinajstić information content (AvgIpc) is 1.90. The van der Waals surface area contributed by atoms with Gasteiger partial charge in [0.2, 0.25) is 0 Å². The predicted molar refractivity (Wildman–Crippen MR) is 48.0 cm³/mol. The maximum Gasteiger partial charge on any atom is 0.0399 e. The van der Waals surface area contributed by atoms with Gasteiger partial charge in [-0.2, -0.15) is 0 Å². The van der Waals surface area contributed by atoms with E-state index in [1.807, 2.05) is 4.90 Å². The van der Waals surface area contributed by atoms with Crippen molar-refractivity contribution in [2.75, 3.05) is 24.8 Å². The maximum absolute atomic E-state index is 5.51. The summed E-state index contributed by atoms with van der Waals surface area (Å²) in [6.07, 6.45) is 1.77. The largest absolute Gasteiger partial charge is 0.374 e. The molecule has 0 spiro atoms. The minimum absolute atomic E-state index is 0.595. The van der Waals surface area contributed by atoms with E-state index in [2.05, 4.69) is 0 Å². The van der Waals surface area contributed by atoms with Gasteiger partial charge in [-0.1, -0.05) is 11.6 Å². The summed E-state index contributed by atoms with van der Waals surface area (Å²) in [4.78, 5) is 1.97. The molecule has 0 fully saturated rings. The molecule has 0 radical (unpaired) electrons. The Labute approximate surface area is 76.5 Å². The first-order valence-corrected chi connectivity index (χ1v) is 4.48. The minimum Gasteiger partial charge on any atom is -0.374 e. The standard InChI is InChI=1S/C6H10Cl3N/c7-1-4-10(5-2-8)6-3-9/h1,4H,2-3,5-6H2/b4-1+. The fourth-order valence-corrected chi connectivity index (χ4v) is 1.15. The molecule has 10 heavy (non-hydrogen) atoms. The highest BCUT2D eigenvalue weighted by Gasteiger charge is 1.94. The van der Waals surface area contributed by atoms with Crippen LogP contribution in [0.2, 0.25) is 0 Å². The topological polar surface area (TPSA) is 3.24 Å². The van der Waals surface area contributed by atoms with Crippen molar-refractivity contribution in [2.24, 2.45) is 0 Å². The lowest BCUT2D eigenvalue weighted by Gasteiger charge is -2.16. The van der Waals surface area contributed by atoms with Gasteiger partial charge in [-0.05, 0) is 0 Å². The number of hydrogen-bond acceptors (Lipinski definition) is 1. The Morgan fingerprint density at radius 1 is 1.10 bits per heavy atom. The fourth-order valence-electron chi connectivity index (χ4n) is 0.558. The fraction of sp³-hybridized carbons (Fsp3) is 0.667. The van der Waals surface area contributed by atoms with Crippen LogP contribution in [0.25, 0.3) is 0 Å². The van der Waals surface area contributed by atoms with Gasteiger partial charge in [0, 0.05) is 36.6 Å². The molecule has 0 saturated heterocycles. The summed E-state index contributed by atoms with van der Waals surface area (Å²) in [5.74, 6) is 1.19. The van der Waals surface area contributed by atoms with E-state index in [0.717, 1.165) is 13.1 Å². The first-order chi connectivity index (χ1) is 4.85. The van der Waals surface area contributed by atoms with Crippen LogP contribution in [0.15, 0.2) is 11.7 Å². The maximum atomic E-state index is 5.51. The highest BCUT2D eigenvalue weighted by Crippen LogP contribution is 1.94. The Morgan fingerprint density at radius 2 is 1.60 bits per heavy atom. The zero-order chi connectivity index (χ0) is 7.82. The summed E-state index contributed by atoms with van der Waals surface area (Å²) >= 11 is 16.4. The molecule has 0 rings (SSSR count). The Morgan fingerprint density at radius 3 is 1.90 bits per heavy atom. The van der Waals surface area contributed by atoms with Gasteiger partial charge in [-0.25, -0.2) is 0 Å². The van der Waals surface area contributed by atoms with E-state index >= 15 is 0 Å². The molecule has 0 saturated carbocycles. The monoisotopic (exact) mass is 201 g/mol. The average molecular weight is 203 g/mol. The molecule has 0 aliphatic rings. The van der Waals surface area contributed by atoms with Gasteiger partial charge < -0.3 is 4.90 Å². The molecule has 0 bridgehead atoms. The van der Waals surface area contributed by atoms with Crippen molar-refractivity contribution in [3.8, 4) is 0 Å². The Kier molecular flexibility index (Phi) is 7.82. The van der Waals surface area contributed by atoms with Crippen molar-refractivity contribution in [3.05, 3.63) is 11.7 Å². The first-order valence-electron chi connectivity index (χ1n) is 2.98. The van der Waals surface area contributed by atoms with Crippen molar-refractivity contribution >= 4 is 34.8 Å². The van der Waals surface area contributed by atoms with Gasteiger partial charge in [-0.3, -0.25) is 0 Å². The quantitative estimate of drug-likeness (QED) is 0.619. The number of nitrogens with zero attached hydrogens (tertiary/aromatic N) is 1. The second-order valence-corrected chi connectivity index (χ2v) is 2.70. The summed E-state index contributed by atoms with van der Waals surface area (Å²) in [5.41, 5.74) is 1.46. The third-order valence-electron chi connectivity index (χ3n) is 1.01. The lowest BCUT2D eigenvalue weighted by molar-refractivity contribution is 0.424. The second-order valence-electron chi connectivity index (χ2n) is 1.69. The zero-order valence-corrected chi connectivity index (χ0v) is 7.83. The molecule has 4 heteroatoms. The molecule has 1 nitrogen and oxygen atoms in total. The van der Waals surface area contributed by atoms with Crippen molar-refractivity contribution in [1.82, 2.24) is 4.90 Å². The normalized spacial score (nSPS) is 10.7. The molecule has 0 heterocycles. The highest BCUT2D eigenvalue weighted by atomic mass is 35.5. The lowest BCUT2D eigenvalue weighted by Crippen LogP contribution is -2.21. The van der Waals surface area contributed by atoms with Crippen LogP contribution in [0.5, 0.6) is 0 Å². The number of halogens is 3. The van der Waals surface area contributed by atoms with E-state index in [1.54, 1.807) is 6.20 Å². The Hall–Kier alpha value is 0.410. The minimum atomic E-state index is 0.595. The molecule has 0 aliphatic carbocycles. The van der Waals surface area contributed by atoms with Crippen LogP contribution in [0.3, 0.4) is 0 Å². The summed E-state index contributed by atoms with van der Waals surface area (Å²) in [7, 11) is 0. The van der Waals surface area contributed by atoms with E-state index in [1.165, 1.54) is 5.54 Å². The number of alkyl halides is 2. The Bertz CT molecular complexity index is 89.0. The molecule has 0 aromatic rings. The van der Waals surface area contributed by atoms with E-state index in [9.17, 15) is 0 Å². The highest BCUT2D eigenvalue weighted by molar-refractivity contribution is 6.25. The van der Waals surface area contributed by atoms with E-state index in [4.69, 9.17) is 34.8 Å². The van der Waals surface area contributed by atoms with E-state index in [-0.39, 0.29) is 0 Å².